The summed E-state index contributed by atoms with van der Waals surface area (Å²) in [6, 6.07) is 15.2. The van der Waals surface area contributed by atoms with Crippen molar-refractivity contribution in [2.45, 2.75) is 19.1 Å². The highest BCUT2D eigenvalue weighted by Crippen LogP contribution is 2.19. The highest BCUT2D eigenvalue weighted by atomic mass is 79.9. The van der Waals surface area contributed by atoms with E-state index in [9.17, 15) is 14.4 Å². The monoisotopic (exact) mass is 432 g/mol. The number of rotatable bonds is 5. The van der Waals surface area contributed by atoms with Crippen LogP contribution in [0.3, 0.4) is 0 Å². The van der Waals surface area contributed by atoms with Crippen molar-refractivity contribution in [2.75, 3.05) is 12.0 Å². The molecule has 2 aromatic rings. The number of benzene rings is 2. The minimum atomic E-state index is -1.01. The van der Waals surface area contributed by atoms with Gasteiger partial charge in [-0.2, -0.15) is 0 Å². The fraction of sp³-hybridized carbons (Fsp3) is 0.211. The largest absolute Gasteiger partial charge is 0.444 e. The number of hydrogen-bond acceptors (Lipinski definition) is 5. The van der Waals surface area contributed by atoms with E-state index in [0.717, 1.165) is 14.9 Å². The fourth-order valence-electron chi connectivity index (χ4n) is 2.54. The van der Waals surface area contributed by atoms with Gasteiger partial charge >= 0.3 is 12.1 Å². The standard InChI is InChI=1S/C19H17BrN2O5/c20-14-6-8-15(9-7-14)21-17(23)10-16-18(24)27-12-22(16)19(25)26-11-13-4-2-1-3-5-13/h1-9,16H,10-12H2,(H,21,23)/t16-/m0/s1. The van der Waals surface area contributed by atoms with Gasteiger partial charge in [0.2, 0.25) is 5.91 Å². The van der Waals surface area contributed by atoms with Gasteiger partial charge in [0.25, 0.3) is 0 Å². The topological polar surface area (TPSA) is 84.9 Å². The van der Waals surface area contributed by atoms with Crippen molar-refractivity contribution in [1.29, 1.82) is 0 Å². The average Bonchev–Trinajstić information content (AvgIpc) is 3.03. The van der Waals surface area contributed by atoms with Crippen LogP contribution in [0.25, 0.3) is 0 Å². The van der Waals surface area contributed by atoms with Crippen molar-refractivity contribution in [2.24, 2.45) is 0 Å². The zero-order valence-electron chi connectivity index (χ0n) is 14.3. The van der Waals surface area contributed by atoms with Crippen LogP contribution >= 0.6 is 15.9 Å². The van der Waals surface area contributed by atoms with E-state index in [1.165, 1.54) is 0 Å². The molecule has 2 aromatic carbocycles. The minimum Gasteiger partial charge on any atom is -0.444 e. The van der Waals surface area contributed by atoms with Gasteiger partial charge in [0.1, 0.15) is 12.6 Å². The van der Waals surface area contributed by atoms with Crippen LogP contribution in [-0.4, -0.2) is 35.6 Å². The Morgan fingerprint density at radius 3 is 2.56 bits per heavy atom. The minimum absolute atomic E-state index is 0.0716. The van der Waals surface area contributed by atoms with E-state index in [2.05, 4.69) is 21.2 Å². The van der Waals surface area contributed by atoms with Crippen molar-refractivity contribution in [3.8, 4) is 0 Å². The summed E-state index contributed by atoms with van der Waals surface area (Å²) in [4.78, 5) is 37.6. The molecule has 1 saturated heterocycles. The summed E-state index contributed by atoms with van der Waals surface area (Å²) in [6.07, 6.45) is -0.916. The lowest BCUT2D eigenvalue weighted by molar-refractivity contribution is -0.140. The lowest BCUT2D eigenvalue weighted by Crippen LogP contribution is -2.40. The third-order valence-corrected chi connectivity index (χ3v) is 4.47. The molecule has 2 amide bonds. The predicted molar refractivity (Wildman–Crippen MR) is 101 cm³/mol. The summed E-state index contributed by atoms with van der Waals surface area (Å²) < 4.78 is 11.0. The summed E-state index contributed by atoms with van der Waals surface area (Å²) in [5.74, 6) is -1.03. The zero-order chi connectivity index (χ0) is 19.2. The van der Waals surface area contributed by atoms with Crippen LogP contribution in [0.1, 0.15) is 12.0 Å². The van der Waals surface area contributed by atoms with E-state index < -0.39 is 24.0 Å². The van der Waals surface area contributed by atoms with Gasteiger partial charge in [-0.1, -0.05) is 46.3 Å². The molecule has 27 heavy (non-hydrogen) atoms. The molecule has 0 aromatic heterocycles. The van der Waals surface area contributed by atoms with E-state index in [-0.39, 0.29) is 19.8 Å². The molecular formula is C19H17BrN2O5. The van der Waals surface area contributed by atoms with Crippen molar-refractivity contribution in [1.82, 2.24) is 4.90 Å². The van der Waals surface area contributed by atoms with Crippen molar-refractivity contribution >= 4 is 39.6 Å². The molecule has 7 nitrogen and oxygen atoms in total. The van der Waals surface area contributed by atoms with E-state index in [0.29, 0.717) is 5.69 Å². The molecule has 3 rings (SSSR count). The predicted octanol–water partition coefficient (Wildman–Crippen LogP) is 3.30. The van der Waals surface area contributed by atoms with Gasteiger partial charge < -0.3 is 14.8 Å². The van der Waals surface area contributed by atoms with Gasteiger partial charge in [0.15, 0.2) is 6.73 Å². The Kier molecular flexibility index (Phi) is 6.08. The van der Waals surface area contributed by atoms with Crippen LogP contribution in [0.5, 0.6) is 0 Å². The van der Waals surface area contributed by atoms with Crippen LogP contribution in [0, 0.1) is 0 Å². The lowest BCUT2D eigenvalue weighted by Gasteiger charge is -2.19. The molecule has 1 aliphatic heterocycles. The van der Waals surface area contributed by atoms with Crippen LogP contribution in [0.15, 0.2) is 59.1 Å². The maximum atomic E-state index is 12.3. The number of cyclic esters (lactones) is 1. The van der Waals surface area contributed by atoms with E-state index in [1.807, 2.05) is 30.3 Å². The van der Waals surface area contributed by atoms with Crippen molar-refractivity contribution < 1.29 is 23.9 Å². The third-order valence-electron chi connectivity index (χ3n) is 3.94. The first-order valence-electron chi connectivity index (χ1n) is 8.22. The number of ether oxygens (including phenoxy) is 2. The Hall–Kier alpha value is -2.87. The number of hydrogen-bond donors (Lipinski definition) is 1. The van der Waals surface area contributed by atoms with Crippen molar-refractivity contribution in [3.63, 3.8) is 0 Å². The molecule has 0 unspecified atom stereocenters. The van der Waals surface area contributed by atoms with Gasteiger partial charge in [0, 0.05) is 10.2 Å². The fourth-order valence-corrected chi connectivity index (χ4v) is 2.81. The number of nitrogens with one attached hydrogen (secondary N) is 1. The number of esters is 1. The first-order valence-corrected chi connectivity index (χ1v) is 9.01. The second-order valence-electron chi connectivity index (χ2n) is 5.88. The molecule has 0 spiro atoms. The summed E-state index contributed by atoms with van der Waals surface area (Å²) >= 11 is 3.31. The Morgan fingerprint density at radius 2 is 1.85 bits per heavy atom. The van der Waals surface area contributed by atoms with E-state index in [1.54, 1.807) is 24.3 Å². The molecule has 8 heteroatoms. The van der Waals surface area contributed by atoms with Crippen LogP contribution in [-0.2, 0) is 25.7 Å². The molecule has 0 aliphatic carbocycles. The number of halogens is 1. The van der Waals surface area contributed by atoms with Gasteiger partial charge in [-0.3, -0.25) is 9.69 Å². The highest BCUT2D eigenvalue weighted by Gasteiger charge is 2.40. The SMILES string of the molecule is O=C(C[C@H]1C(=O)OCN1C(=O)OCc1ccccc1)Nc1ccc(Br)cc1. The normalized spacial score (nSPS) is 16.0. The van der Waals surface area contributed by atoms with Gasteiger partial charge in [-0.15, -0.1) is 0 Å². The smallest absolute Gasteiger partial charge is 0.413 e. The molecular weight excluding hydrogens is 416 g/mol. The number of nitrogens with zero attached hydrogens (tertiary/aromatic N) is 1. The quantitative estimate of drug-likeness (QED) is 0.732. The van der Waals surface area contributed by atoms with E-state index in [4.69, 9.17) is 9.47 Å². The summed E-state index contributed by atoms with van der Waals surface area (Å²) in [7, 11) is 0. The van der Waals surface area contributed by atoms with Crippen molar-refractivity contribution in [3.05, 3.63) is 64.6 Å². The van der Waals surface area contributed by atoms with Crippen LogP contribution in [0.4, 0.5) is 10.5 Å². The molecule has 1 atom stereocenters. The molecule has 140 valence electrons. The molecule has 0 bridgehead atoms. The maximum absolute atomic E-state index is 12.3. The highest BCUT2D eigenvalue weighted by molar-refractivity contribution is 9.10. The Balaban J connectivity index is 1.57. The van der Waals surface area contributed by atoms with Gasteiger partial charge in [-0.25, -0.2) is 9.59 Å². The molecule has 1 N–H and O–H groups in total. The molecule has 1 heterocycles. The Bertz CT molecular complexity index is 826. The summed E-state index contributed by atoms with van der Waals surface area (Å²) in [6.45, 7) is -0.162. The molecule has 1 aliphatic rings. The lowest BCUT2D eigenvalue weighted by atomic mass is 10.2. The number of carbonyl (C=O) groups excluding carboxylic acids is 3. The summed E-state index contributed by atoms with van der Waals surface area (Å²) in [5, 5.41) is 2.69. The second kappa shape index (κ2) is 8.68. The third kappa shape index (κ3) is 5.07. The zero-order valence-corrected chi connectivity index (χ0v) is 15.8. The summed E-state index contributed by atoms with van der Waals surface area (Å²) in [5.41, 5.74) is 1.41. The molecule has 0 radical (unpaired) electrons. The first-order chi connectivity index (χ1) is 13.0. The number of anilines is 1. The first kappa shape index (κ1) is 18.9. The Morgan fingerprint density at radius 1 is 1.15 bits per heavy atom. The van der Waals surface area contributed by atoms with Crippen LogP contribution < -0.4 is 5.32 Å². The molecule has 0 saturated carbocycles. The van der Waals surface area contributed by atoms with E-state index >= 15 is 0 Å². The molecule has 1 fully saturated rings. The average molecular weight is 433 g/mol. The van der Waals surface area contributed by atoms with Gasteiger partial charge in [-0.05, 0) is 29.8 Å². The second-order valence-corrected chi connectivity index (χ2v) is 6.79. The van der Waals surface area contributed by atoms with Crippen LogP contribution in [0.2, 0.25) is 0 Å². The Labute approximate surface area is 164 Å². The number of amides is 2. The van der Waals surface area contributed by atoms with Gasteiger partial charge in [0.05, 0.1) is 6.42 Å². The number of carbonyl (C=O) groups is 3. The maximum Gasteiger partial charge on any atom is 0.413 e.